The molecule has 0 aromatic carbocycles. The van der Waals surface area contributed by atoms with E-state index in [0.29, 0.717) is 13.2 Å². The summed E-state index contributed by atoms with van der Waals surface area (Å²) in [5.41, 5.74) is -0.527. The van der Waals surface area contributed by atoms with E-state index < -0.39 is 18.3 Å². The molecule has 0 atom stereocenters. The molecule has 0 aromatic heterocycles. The van der Waals surface area contributed by atoms with Crippen LogP contribution in [0.1, 0.15) is 48.5 Å². The van der Waals surface area contributed by atoms with Crippen molar-refractivity contribution >= 4 is 7.60 Å². The molecule has 0 aromatic rings. The Bertz CT molecular complexity index is 289. The second kappa shape index (κ2) is 6.49. The predicted molar refractivity (Wildman–Crippen MR) is 72.1 cm³/mol. The lowest BCUT2D eigenvalue weighted by Crippen LogP contribution is -2.46. The zero-order valence-electron chi connectivity index (χ0n) is 12.6. The molecule has 0 aliphatic carbocycles. The van der Waals surface area contributed by atoms with E-state index in [9.17, 15) is 9.77 Å². The van der Waals surface area contributed by atoms with Crippen molar-refractivity contribution in [3.05, 3.63) is 0 Å². The van der Waals surface area contributed by atoms with Crippen molar-refractivity contribution in [1.29, 1.82) is 0 Å². The Balaban J connectivity index is 5.02. The van der Waals surface area contributed by atoms with Crippen molar-refractivity contribution in [2.75, 3.05) is 19.8 Å². The molecule has 18 heavy (non-hydrogen) atoms. The Labute approximate surface area is 111 Å². The molecule has 0 saturated heterocycles. The minimum atomic E-state index is -3.29. The van der Waals surface area contributed by atoms with Gasteiger partial charge in [0.2, 0.25) is 0 Å². The first-order valence-electron chi connectivity index (χ1n) is 6.34. The summed E-state index contributed by atoms with van der Waals surface area (Å²) in [7, 11) is -3.29. The van der Waals surface area contributed by atoms with Crippen molar-refractivity contribution < 1.29 is 18.8 Å². The SMILES string of the molecule is CCOP(=O)(OCC)C(C)(C)CN([O])C(C)(C)C. The lowest BCUT2D eigenvalue weighted by molar-refractivity contribution is -0.216. The van der Waals surface area contributed by atoms with Crippen molar-refractivity contribution in [2.24, 2.45) is 0 Å². The van der Waals surface area contributed by atoms with E-state index in [0.717, 1.165) is 5.06 Å². The second-order valence-corrected chi connectivity index (χ2v) is 8.57. The zero-order valence-corrected chi connectivity index (χ0v) is 13.5. The summed E-state index contributed by atoms with van der Waals surface area (Å²) < 4.78 is 23.3. The molecule has 0 saturated carbocycles. The Morgan fingerprint density at radius 3 is 1.67 bits per heavy atom. The number of hydroxylamine groups is 2. The molecule has 0 fully saturated rings. The molecule has 0 aliphatic rings. The Morgan fingerprint density at radius 1 is 1.00 bits per heavy atom. The molecule has 0 spiro atoms. The second-order valence-electron chi connectivity index (χ2n) is 5.85. The summed E-state index contributed by atoms with van der Waals surface area (Å²) in [5, 5.41) is 12.1. The quantitative estimate of drug-likeness (QED) is 0.529. The van der Waals surface area contributed by atoms with Crippen molar-refractivity contribution in [3.63, 3.8) is 0 Å². The van der Waals surface area contributed by atoms with Crippen LogP contribution in [-0.2, 0) is 18.8 Å². The maximum absolute atomic E-state index is 12.7. The molecule has 0 aliphatic heterocycles. The highest BCUT2D eigenvalue weighted by molar-refractivity contribution is 7.55. The smallest absolute Gasteiger partial charge is 0.308 e. The van der Waals surface area contributed by atoms with Gasteiger partial charge in [0.05, 0.1) is 18.4 Å². The first kappa shape index (κ1) is 18.1. The van der Waals surface area contributed by atoms with Crippen molar-refractivity contribution in [2.45, 2.75) is 59.2 Å². The zero-order chi connectivity index (χ0) is 14.6. The molecule has 109 valence electrons. The summed E-state index contributed by atoms with van der Waals surface area (Å²) in [6.07, 6.45) is 0. The van der Waals surface area contributed by atoms with Gasteiger partial charge in [-0.3, -0.25) is 4.57 Å². The van der Waals surface area contributed by atoms with Gasteiger partial charge in [0, 0.05) is 12.1 Å². The standard InChI is InChI=1S/C12H27NO4P/c1-8-16-18(15,17-9-2)12(6,7)10-13(14)11(3,4)5/h8-10H2,1-7H3. The predicted octanol–water partition coefficient (Wildman–Crippen LogP) is 3.48. The maximum Gasteiger partial charge on any atom is 0.337 e. The van der Waals surface area contributed by atoms with Crippen molar-refractivity contribution in [3.8, 4) is 0 Å². The van der Waals surface area contributed by atoms with Gasteiger partial charge < -0.3 is 9.05 Å². The van der Waals surface area contributed by atoms with Gasteiger partial charge in [0.25, 0.3) is 0 Å². The third-order valence-corrected chi connectivity index (χ3v) is 5.44. The fourth-order valence-electron chi connectivity index (χ4n) is 1.40. The number of hydrogen-bond donors (Lipinski definition) is 0. The molecule has 0 heterocycles. The van der Waals surface area contributed by atoms with Crippen LogP contribution >= 0.6 is 7.60 Å². The van der Waals surface area contributed by atoms with E-state index in [4.69, 9.17) is 9.05 Å². The highest BCUT2D eigenvalue weighted by atomic mass is 31.2. The average molecular weight is 280 g/mol. The minimum Gasteiger partial charge on any atom is -0.308 e. The highest BCUT2D eigenvalue weighted by Gasteiger charge is 2.45. The summed E-state index contributed by atoms with van der Waals surface area (Å²) in [5.74, 6) is 0. The number of nitrogens with zero attached hydrogens (tertiary/aromatic N) is 1. The lowest BCUT2D eigenvalue weighted by atomic mass is 10.1. The van der Waals surface area contributed by atoms with E-state index in [1.807, 2.05) is 20.8 Å². The monoisotopic (exact) mass is 280 g/mol. The van der Waals surface area contributed by atoms with Crippen LogP contribution in [0.5, 0.6) is 0 Å². The minimum absolute atomic E-state index is 0.105. The van der Waals surface area contributed by atoms with Crippen LogP contribution in [0.25, 0.3) is 0 Å². The summed E-state index contributed by atoms with van der Waals surface area (Å²) in [6, 6.07) is 0. The molecule has 5 nitrogen and oxygen atoms in total. The van der Waals surface area contributed by atoms with E-state index in [1.165, 1.54) is 0 Å². The van der Waals surface area contributed by atoms with Crippen LogP contribution in [0.2, 0.25) is 0 Å². The Hall–Kier alpha value is 0.0700. The molecule has 0 N–H and O–H groups in total. The van der Waals surface area contributed by atoms with Crippen molar-refractivity contribution in [1.82, 2.24) is 5.06 Å². The van der Waals surface area contributed by atoms with Crippen LogP contribution < -0.4 is 0 Å². The molecule has 0 rings (SSSR count). The highest BCUT2D eigenvalue weighted by Crippen LogP contribution is 2.60. The lowest BCUT2D eigenvalue weighted by Gasteiger charge is -2.37. The maximum atomic E-state index is 12.7. The van der Waals surface area contributed by atoms with Gasteiger partial charge in [-0.25, -0.2) is 0 Å². The topological polar surface area (TPSA) is 58.7 Å². The summed E-state index contributed by atoms with van der Waals surface area (Å²) >= 11 is 0. The van der Waals surface area contributed by atoms with Gasteiger partial charge in [0.15, 0.2) is 0 Å². The van der Waals surface area contributed by atoms with Crippen LogP contribution in [-0.4, -0.2) is 35.5 Å². The van der Waals surface area contributed by atoms with Crippen LogP contribution in [0.15, 0.2) is 0 Å². The van der Waals surface area contributed by atoms with Gasteiger partial charge in [-0.15, -0.1) is 10.3 Å². The summed E-state index contributed by atoms with van der Waals surface area (Å²) in [6.45, 7) is 13.2. The fraction of sp³-hybridized carbons (Fsp3) is 1.00. The van der Waals surface area contributed by atoms with Gasteiger partial charge in [-0.1, -0.05) is 0 Å². The first-order valence-corrected chi connectivity index (χ1v) is 7.88. The first-order chi connectivity index (χ1) is 8.00. The summed E-state index contributed by atoms with van der Waals surface area (Å²) in [4.78, 5) is 0. The average Bonchev–Trinajstić information content (AvgIpc) is 2.15. The van der Waals surface area contributed by atoms with Gasteiger partial charge >= 0.3 is 7.60 Å². The Kier molecular flexibility index (Phi) is 6.51. The van der Waals surface area contributed by atoms with E-state index in [1.54, 1.807) is 27.7 Å². The van der Waals surface area contributed by atoms with Crippen LogP contribution in [0, 0.1) is 0 Å². The molecule has 0 bridgehead atoms. The normalized spacial score (nSPS) is 14.3. The molecule has 1 radical (unpaired) electrons. The van der Waals surface area contributed by atoms with Crippen LogP contribution in [0.3, 0.4) is 0 Å². The Morgan fingerprint density at radius 2 is 1.39 bits per heavy atom. The van der Waals surface area contributed by atoms with E-state index in [-0.39, 0.29) is 6.54 Å². The van der Waals surface area contributed by atoms with E-state index >= 15 is 0 Å². The van der Waals surface area contributed by atoms with Gasteiger partial charge in [0.1, 0.15) is 0 Å². The van der Waals surface area contributed by atoms with Crippen LogP contribution in [0.4, 0.5) is 0 Å². The van der Waals surface area contributed by atoms with Gasteiger partial charge in [-0.2, -0.15) is 0 Å². The third kappa shape index (κ3) is 4.63. The molecule has 6 heteroatoms. The molecule has 0 unspecified atom stereocenters. The third-order valence-electron chi connectivity index (χ3n) is 2.62. The van der Waals surface area contributed by atoms with E-state index in [2.05, 4.69) is 0 Å². The number of rotatable bonds is 7. The number of hydrogen-bond acceptors (Lipinski definition) is 4. The molecular formula is C12H27NO4P. The molecule has 0 amide bonds. The molecular weight excluding hydrogens is 253 g/mol. The largest absolute Gasteiger partial charge is 0.337 e. The fourth-order valence-corrected chi connectivity index (χ4v) is 3.16. The van der Waals surface area contributed by atoms with Gasteiger partial charge in [-0.05, 0) is 48.5 Å².